The van der Waals surface area contributed by atoms with Crippen LogP contribution in [0.25, 0.3) is 6.08 Å². The van der Waals surface area contributed by atoms with E-state index in [0.717, 1.165) is 10.5 Å². The minimum Gasteiger partial charge on any atom is -0.490 e. The van der Waals surface area contributed by atoms with Crippen molar-refractivity contribution in [1.29, 1.82) is 0 Å². The van der Waals surface area contributed by atoms with Crippen LogP contribution in [0.3, 0.4) is 0 Å². The van der Waals surface area contributed by atoms with Gasteiger partial charge in [0.2, 0.25) is 0 Å². The van der Waals surface area contributed by atoms with Gasteiger partial charge < -0.3 is 14.2 Å². The molecule has 0 fully saturated rings. The van der Waals surface area contributed by atoms with Crippen LogP contribution >= 0.6 is 34.7 Å². The van der Waals surface area contributed by atoms with Crippen LogP contribution < -0.4 is 24.4 Å². The number of hydrogen-bond donors (Lipinski definition) is 0. The van der Waals surface area contributed by atoms with Gasteiger partial charge in [-0.2, -0.15) is 0 Å². The highest BCUT2D eigenvalue weighted by Crippen LogP contribution is 2.37. The average Bonchev–Trinajstić information content (AvgIpc) is 3.21. The Bertz CT molecular complexity index is 1650. The summed E-state index contributed by atoms with van der Waals surface area (Å²) in [5.41, 5.74) is 1.99. The lowest BCUT2D eigenvalue weighted by Gasteiger charge is -2.24. The first-order chi connectivity index (χ1) is 18.8. The Morgan fingerprint density at radius 3 is 2.62 bits per heavy atom. The predicted octanol–water partition coefficient (Wildman–Crippen LogP) is 4.58. The van der Waals surface area contributed by atoms with Crippen LogP contribution in [0.4, 0.5) is 0 Å². The summed E-state index contributed by atoms with van der Waals surface area (Å²) in [5.74, 6) is 2.69. The van der Waals surface area contributed by atoms with Crippen LogP contribution in [0.15, 0.2) is 62.4 Å². The van der Waals surface area contributed by atoms with Gasteiger partial charge in [-0.3, -0.25) is 9.36 Å². The second kappa shape index (κ2) is 12.6. The van der Waals surface area contributed by atoms with E-state index in [-0.39, 0.29) is 18.8 Å². The third-order valence-corrected chi connectivity index (χ3v) is 7.89. The lowest BCUT2D eigenvalue weighted by atomic mass is 9.96. The normalized spacial score (nSPS) is 14.9. The highest BCUT2D eigenvalue weighted by atomic mass is 35.5. The molecule has 0 saturated heterocycles. The van der Waals surface area contributed by atoms with E-state index in [0.29, 0.717) is 49.3 Å². The minimum absolute atomic E-state index is 0.0395. The van der Waals surface area contributed by atoms with E-state index >= 15 is 0 Å². The minimum atomic E-state index is -0.680. The molecule has 0 aliphatic carbocycles. The van der Waals surface area contributed by atoms with Crippen LogP contribution in [0, 0.1) is 12.3 Å². The number of allylic oxidation sites excluding steroid dienone is 1. The van der Waals surface area contributed by atoms with Crippen molar-refractivity contribution in [1.82, 2.24) is 4.57 Å². The molecule has 0 radical (unpaired) electrons. The zero-order valence-corrected chi connectivity index (χ0v) is 24.3. The van der Waals surface area contributed by atoms with Crippen molar-refractivity contribution in [3.05, 3.63) is 83.5 Å². The summed E-state index contributed by atoms with van der Waals surface area (Å²) in [6.45, 7) is 5.99. The van der Waals surface area contributed by atoms with Gasteiger partial charge in [0.25, 0.3) is 5.56 Å². The molecule has 0 saturated carbocycles. The van der Waals surface area contributed by atoms with E-state index in [1.807, 2.05) is 37.4 Å². The van der Waals surface area contributed by atoms with E-state index in [4.69, 9.17) is 32.2 Å². The molecular weight excluding hydrogens is 556 g/mol. The fraction of sp³-hybridized carbons (Fsp3) is 0.276. The number of nitrogens with zero attached hydrogens (tertiary/aromatic N) is 2. The fourth-order valence-corrected chi connectivity index (χ4v) is 5.96. The van der Waals surface area contributed by atoms with Crippen molar-refractivity contribution in [3.8, 4) is 23.8 Å². The van der Waals surface area contributed by atoms with E-state index in [9.17, 15) is 9.59 Å². The van der Waals surface area contributed by atoms with Crippen LogP contribution in [-0.2, 0) is 9.53 Å². The summed E-state index contributed by atoms with van der Waals surface area (Å²) < 4.78 is 18.6. The molecule has 0 spiro atoms. The Hall–Kier alpha value is -3.45. The van der Waals surface area contributed by atoms with Gasteiger partial charge in [-0.15, -0.1) is 18.2 Å². The lowest BCUT2D eigenvalue weighted by Crippen LogP contribution is -2.39. The van der Waals surface area contributed by atoms with Crippen molar-refractivity contribution in [2.45, 2.75) is 31.7 Å². The number of ether oxygens (including phenoxy) is 3. The van der Waals surface area contributed by atoms with E-state index in [2.05, 4.69) is 10.9 Å². The Kier molecular flexibility index (Phi) is 9.23. The fourth-order valence-electron chi connectivity index (χ4n) is 4.23. The van der Waals surface area contributed by atoms with Crippen molar-refractivity contribution in [2.24, 2.45) is 4.99 Å². The number of esters is 1. The van der Waals surface area contributed by atoms with Gasteiger partial charge in [-0.05, 0) is 68.5 Å². The van der Waals surface area contributed by atoms with E-state index < -0.39 is 12.0 Å². The van der Waals surface area contributed by atoms with Crippen LogP contribution in [-0.4, -0.2) is 36.6 Å². The lowest BCUT2D eigenvalue weighted by molar-refractivity contribution is -0.139. The van der Waals surface area contributed by atoms with Gasteiger partial charge in [-0.25, -0.2) is 9.79 Å². The van der Waals surface area contributed by atoms with Crippen LogP contribution in [0.2, 0.25) is 5.02 Å². The third kappa shape index (κ3) is 5.93. The van der Waals surface area contributed by atoms with E-state index in [1.165, 1.54) is 11.3 Å². The molecule has 1 aliphatic heterocycles. The molecule has 7 nitrogen and oxygen atoms in total. The second-order valence-electron chi connectivity index (χ2n) is 8.33. The number of thioether (sulfide) groups is 1. The van der Waals surface area contributed by atoms with Gasteiger partial charge in [0.1, 0.15) is 6.61 Å². The summed E-state index contributed by atoms with van der Waals surface area (Å²) in [7, 11) is 0. The number of fused-ring (bicyclic) bond motifs is 1. The maximum atomic E-state index is 13.9. The number of carbonyl (C=O) groups excluding carboxylic acids is 1. The number of thiazole rings is 1. The molecule has 0 amide bonds. The van der Waals surface area contributed by atoms with Gasteiger partial charge in [0.05, 0.1) is 40.1 Å². The molecular formula is C29H27ClN2O5S2. The maximum absolute atomic E-state index is 13.9. The predicted molar refractivity (Wildman–Crippen MR) is 156 cm³/mol. The van der Waals surface area contributed by atoms with Crippen LogP contribution in [0.1, 0.15) is 37.9 Å². The topological polar surface area (TPSA) is 79.1 Å². The standard InChI is InChI=1S/C29H27ClN2O5S2/c1-6-13-37-26-21(30)14-18(15-22(26)35-7-2)16-23-27(33)32-25(19-9-11-20(38-5)12-10-19)24(28(34)36-8-3)17(4)31-29(32)39-23/h1,9-12,14-16,25H,7-8,13H2,2-5H3/b23-16-/t25-/m0/s1. The van der Waals surface area contributed by atoms with Crippen molar-refractivity contribution in [2.75, 3.05) is 26.1 Å². The molecule has 2 heterocycles. The first-order valence-electron chi connectivity index (χ1n) is 12.2. The summed E-state index contributed by atoms with van der Waals surface area (Å²) in [5, 5.41) is 0.308. The summed E-state index contributed by atoms with van der Waals surface area (Å²) >= 11 is 9.34. The molecule has 10 heteroatoms. The van der Waals surface area contributed by atoms with Crippen molar-refractivity contribution < 1.29 is 19.0 Å². The molecule has 0 unspecified atom stereocenters. The number of carbonyl (C=O) groups is 1. The zero-order valence-electron chi connectivity index (χ0n) is 21.9. The zero-order chi connectivity index (χ0) is 28.1. The number of aromatic nitrogens is 1. The Morgan fingerprint density at radius 1 is 1.23 bits per heavy atom. The maximum Gasteiger partial charge on any atom is 0.338 e. The van der Waals surface area contributed by atoms with E-state index in [1.54, 1.807) is 48.4 Å². The summed E-state index contributed by atoms with van der Waals surface area (Å²) in [4.78, 5) is 33.1. The van der Waals surface area contributed by atoms with Gasteiger partial charge in [0.15, 0.2) is 16.3 Å². The average molecular weight is 583 g/mol. The molecule has 0 N–H and O–H groups in total. The molecule has 0 bridgehead atoms. The molecule has 1 atom stereocenters. The Morgan fingerprint density at radius 2 is 1.97 bits per heavy atom. The van der Waals surface area contributed by atoms with Gasteiger partial charge >= 0.3 is 5.97 Å². The third-order valence-electron chi connectivity index (χ3n) is 5.88. The highest BCUT2D eigenvalue weighted by Gasteiger charge is 2.33. The first-order valence-corrected chi connectivity index (χ1v) is 14.6. The number of rotatable bonds is 9. The molecule has 202 valence electrons. The van der Waals surface area contributed by atoms with Crippen LogP contribution in [0.5, 0.6) is 11.5 Å². The highest BCUT2D eigenvalue weighted by molar-refractivity contribution is 7.98. The quantitative estimate of drug-likeness (QED) is 0.209. The molecule has 2 aromatic carbocycles. The summed E-state index contributed by atoms with van der Waals surface area (Å²) in [6, 6.07) is 10.5. The largest absolute Gasteiger partial charge is 0.490 e. The smallest absolute Gasteiger partial charge is 0.338 e. The van der Waals surface area contributed by atoms with Gasteiger partial charge in [-0.1, -0.05) is 41.0 Å². The molecule has 1 aliphatic rings. The molecule has 39 heavy (non-hydrogen) atoms. The van der Waals surface area contributed by atoms with Gasteiger partial charge in [0, 0.05) is 4.90 Å². The number of hydrogen-bond acceptors (Lipinski definition) is 8. The number of halogens is 1. The van der Waals surface area contributed by atoms with Crippen molar-refractivity contribution >= 4 is 46.7 Å². The number of terminal acetylenes is 1. The summed E-state index contributed by atoms with van der Waals surface area (Å²) in [6.07, 6.45) is 9.04. The Labute approximate surface area is 239 Å². The second-order valence-corrected chi connectivity index (χ2v) is 10.6. The molecule has 1 aromatic heterocycles. The SMILES string of the molecule is C#CCOc1c(Cl)cc(/C=c2\sc3n(c2=O)[C@@H](c2ccc(SC)cc2)C(C(=O)OCC)=C(C)N=3)cc1OCC. The number of benzene rings is 2. The molecule has 3 aromatic rings. The van der Waals surface area contributed by atoms with Crippen molar-refractivity contribution in [3.63, 3.8) is 0 Å². The molecule has 4 rings (SSSR count). The monoisotopic (exact) mass is 582 g/mol. The Balaban J connectivity index is 1.89. The first kappa shape index (κ1) is 28.6.